The van der Waals surface area contributed by atoms with Gasteiger partial charge in [0, 0.05) is 33.2 Å². The molecule has 0 unspecified atom stereocenters. The third-order valence-electron chi connectivity index (χ3n) is 8.51. The largest absolute Gasteiger partial charge is 0.416 e. The summed E-state index contributed by atoms with van der Waals surface area (Å²) in [6.07, 6.45) is -4.51. The smallest absolute Gasteiger partial charge is 0.309 e. The first kappa shape index (κ1) is 29.8. The lowest BCUT2D eigenvalue weighted by Crippen LogP contribution is -2.05. The van der Waals surface area contributed by atoms with Gasteiger partial charge in [0.15, 0.2) is 17.5 Å². The molecular weight excluding hydrogens is 619 g/mol. The Labute approximate surface area is 279 Å². The summed E-state index contributed by atoms with van der Waals surface area (Å²) in [7, 11) is 0. The summed E-state index contributed by atoms with van der Waals surface area (Å²) in [6, 6.07) is 45.8. The Balaban J connectivity index is 1.44. The number of nitriles is 1. The summed E-state index contributed by atoms with van der Waals surface area (Å²) in [4.78, 5) is 14.8. The maximum Gasteiger partial charge on any atom is 0.416 e. The van der Waals surface area contributed by atoms with Gasteiger partial charge < -0.3 is 4.57 Å². The number of halogens is 3. The number of para-hydroxylation sites is 1. The molecular formula is C41H24F3N5. The Morgan fingerprint density at radius 2 is 1.12 bits per heavy atom. The second-order valence-electron chi connectivity index (χ2n) is 11.5. The monoisotopic (exact) mass is 643 g/mol. The van der Waals surface area contributed by atoms with Crippen molar-refractivity contribution in [3.8, 4) is 57.0 Å². The van der Waals surface area contributed by atoms with E-state index in [1.165, 1.54) is 12.1 Å². The van der Waals surface area contributed by atoms with E-state index in [4.69, 9.17) is 15.0 Å². The van der Waals surface area contributed by atoms with Crippen LogP contribution < -0.4 is 0 Å². The summed E-state index contributed by atoms with van der Waals surface area (Å²) in [5.41, 5.74) is 5.31. The van der Waals surface area contributed by atoms with Gasteiger partial charge in [-0.05, 0) is 53.6 Å². The molecule has 8 heteroatoms. The first-order valence-corrected chi connectivity index (χ1v) is 15.5. The molecule has 0 N–H and O–H groups in total. The van der Waals surface area contributed by atoms with Crippen molar-refractivity contribution in [2.75, 3.05) is 0 Å². The fourth-order valence-corrected chi connectivity index (χ4v) is 6.22. The van der Waals surface area contributed by atoms with Crippen molar-refractivity contribution in [2.24, 2.45) is 0 Å². The molecule has 6 aromatic carbocycles. The Kier molecular flexibility index (Phi) is 7.23. The summed E-state index contributed by atoms with van der Waals surface area (Å²) in [5, 5.41) is 11.2. The minimum atomic E-state index is -4.51. The second-order valence-corrected chi connectivity index (χ2v) is 11.5. The standard InChI is InChI=1S/C41H24F3N5/c42-41(43,44)30-18-20-34-33-16-7-8-17-36(33)49(37(34)23-30)31-19-21-32(29-15-9-10-26(22-29)25-45)35(24-31)40-47-38(27-11-3-1-4-12-27)46-39(48-40)28-13-5-2-6-14-28/h1-24H. The van der Waals surface area contributed by atoms with Crippen LogP contribution in [0.5, 0.6) is 0 Å². The molecule has 0 aliphatic heterocycles. The maximum atomic E-state index is 14.0. The molecule has 0 atom stereocenters. The Bertz CT molecular complexity index is 2490. The lowest BCUT2D eigenvalue weighted by molar-refractivity contribution is -0.137. The quantitative estimate of drug-likeness (QED) is 0.187. The fourth-order valence-electron chi connectivity index (χ4n) is 6.22. The van der Waals surface area contributed by atoms with Crippen molar-refractivity contribution in [3.05, 3.63) is 157 Å². The molecule has 0 bridgehead atoms. The Morgan fingerprint density at radius 1 is 0.510 bits per heavy atom. The topological polar surface area (TPSA) is 67.4 Å². The third kappa shape index (κ3) is 5.47. The Morgan fingerprint density at radius 3 is 1.80 bits per heavy atom. The molecule has 49 heavy (non-hydrogen) atoms. The highest BCUT2D eigenvalue weighted by Crippen LogP contribution is 2.40. The molecule has 0 spiro atoms. The molecule has 5 nitrogen and oxygen atoms in total. The molecule has 0 saturated carbocycles. The summed E-state index contributed by atoms with van der Waals surface area (Å²) >= 11 is 0. The fraction of sp³-hybridized carbons (Fsp3) is 0.0244. The lowest BCUT2D eigenvalue weighted by Gasteiger charge is -2.16. The minimum absolute atomic E-state index is 0.378. The second kappa shape index (κ2) is 11.9. The van der Waals surface area contributed by atoms with Crippen molar-refractivity contribution in [1.29, 1.82) is 5.26 Å². The van der Waals surface area contributed by atoms with E-state index in [1.54, 1.807) is 12.1 Å². The zero-order valence-corrected chi connectivity index (χ0v) is 25.7. The predicted octanol–water partition coefficient (Wildman–Crippen LogP) is 10.5. The van der Waals surface area contributed by atoms with Gasteiger partial charge in [0.05, 0.1) is 28.2 Å². The van der Waals surface area contributed by atoms with Crippen molar-refractivity contribution in [3.63, 3.8) is 0 Å². The van der Waals surface area contributed by atoms with Crippen molar-refractivity contribution >= 4 is 21.8 Å². The SMILES string of the molecule is N#Cc1cccc(-c2ccc(-n3c4ccccc4c4ccc(C(F)(F)F)cc43)cc2-c2nc(-c3ccccc3)nc(-c3ccccc3)n2)c1. The third-order valence-corrected chi connectivity index (χ3v) is 8.51. The van der Waals surface area contributed by atoms with E-state index in [1.807, 2.05) is 120 Å². The van der Waals surface area contributed by atoms with E-state index in [0.717, 1.165) is 39.2 Å². The molecule has 8 rings (SSSR count). The van der Waals surface area contributed by atoms with Gasteiger partial charge in [0.1, 0.15) is 0 Å². The first-order valence-electron chi connectivity index (χ1n) is 15.5. The van der Waals surface area contributed by atoms with E-state index in [-0.39, 0.29) is 0 Å². The number of nitrogens with zero attached hydrogens (tertiary/aromatic N) is 5. The highest BCUT2D eigenvalue weighted by atomic mass is 19.4. The van der Waals surface area contributed by atoms with Crippen molar-refractivity contribution < 1.29 is 13.2 Å². The van der Waals surface area contributed by atoms with Crippen LogP contribution in [0.1, 0.15) is 11.1 Å². The highest BCUT2D eigenvalue weighted by molar-refractivity contribution is 6.09. The van der Waals surface area contributed by atoms with E-state index in [9.17, 15) is 18.4 Å². The van der Waals surface area contributed by atoms with Gasteiger partial charge in [-0.2, -0.15) is 18.4 Å². The van der Waals surface area contributed by atoms with Crippen LogP contribution in [0, 0.1) is 11.3 Å². The van der Waals surface area contributed by atoms with Gasteiger partial charge in [-0.25, -0.2) is 15.0 Å². The Hall–Kier alpha value is -6.59. The van der Waals surface area contributed by atoms with Gasteiger partial charge in [-0.1, -0.05) is 103 Å². The van der Waals surface area contributed by atoms with Crippen molar-refractivity contribution in [1.82, 2.24) is 19.5 Å². The van der Waals surface area contributed by atoms with Crippen LogP contribution in [0.25, 0.3) is 72.8 Å². The normalized spacial score (nSPS) is 11.6. The molecule has 0 radical (unpaired) electrons. The van der Waals surface area contributed by atoms with Gasteiger partial charge >= 0.3 is 6.18 Å². The van der Waals surface area contributed by atoms with E-state index in [2.05, 4.69) is 6.07 Å². The number of aromatic nitrogens is 4. The summed E-state index contributed by atoms with van der Waals surface area (Å²) in [6.45, 7) is 0. The van der Waals surface area contributed by atoms with Crippen LogP contribution in [0.2, 0.25) is 0 Å². The molecule has 2 aromatic heterocycles. The van der Waals surface area contributed by atoms with E-state index < -0.39 is 11.7 Å². The van der Waals surface area contributed by atoms with Crippen LogP contribution >= 0.6 is 0 Å². The van der Waals surface area contributed by atoms with E-state index >= 15 is 0 Å². The zero-order chi connectivity index (χ0) is 33.5. The zero-order valence-electron chi connectivity index (χ0n) is 25.7. The molecule has 0 aliphatic rings. The average Bonchev–Trinajstić information content (AvgIpc) is 3.48. The van der Waals surface area contributed by atoms with Crippen LogP contribution in [-0.4, -0.2) is 19.5 Å². The number of alkyl halides is 3. The molecule has 0 saturated heterocycles. The number of rotatable bonds is 5. The van der Waals surface area contributed by atoms with Gasteiger partial charge in [-0.15, -0.1) is 0 Å². The number of hydrogen-bond acceptors (Lipinski definition) is 4. The van der Waals surface area contributed by atoms with Crippen molar-refractivity contribution in [2.45, 2.75) is 6.18 Å². The molecule has 8 aromatic rings. The van der Waals surface area contributed by atoms with E-state index in [0.29, 0.717) is 45.2 Å². The van der Waals surface area contributed by atoms with Crippen LogP contribution in [-0.2, 0) is 6.18 Å². The number of hydrogen-bond donors (Lipinski definition) is 0. The van der Waals surface area contributed by atoms with Gasteiger partial charge in [0.2, 0.25) is 0 Å². The summed E-state index contributed by atoms with van der Waals surface area (Å²) in [5.74, 6) is 1.32. The van der Waals surface area contributed by atoms with Crippen LogP contribution in [0.3, 0.4) is 0 Å². The molecule has 0 aliphatic carbocycles. The number of benzene rings is 6. The summed E-state index contributed by atoms with van der Waals surface area (Å²) < 4.78 is 43.8. The van der Waals surface area contributed by atoms with Gasteiger partial charge in [-0.3, -0.25) is 0 Å². The van der Waals surface area contributed by atoms with Crippen LogP contribution in [0.15, 0.2) is 146 Å². The first-order chi connectivity index (χ1) is 23.9. The molecule has 234 valence electrons. The average molecular weight is 644 g/mol. The lowest BCUT2D eigenvalue weighted by atomic mass is 9.96. The predicted molar refractivity (Wildman–Crippen MR) is 186 cm³/mol. The highest BCUT2D eigenvalue weighted by Gasteiger charge is 2.31. The molecule has 0 amide bonds. The molecule has 2 heterocycles. The number of fused-ring (bicyclic) bond motifs is 3. The molecule has 0 fully saturated rings. The maximum absolute atomic E-state index is 14.0. The minimum Gasteiger partial charge on any atom is -0.309 e. The van der Waals surface area contributed by atoms with Gasteiger partial charge in [0.25, 0.3) is 0 Å². The van der Waals surface area contributed by atoms with Crippen LogP contribution in [0.4, 0.5) is 13.2 Å².